The SMILES string of the molecule is CCOc1cccc(CN2CCCC(CO)C2)c1OC(F)F. The molecule has 1 N–H and O–H groups in total. The van der Waals surface area contributed by atoms with Gasteiger partial charge in [0.1, 0.15) is 0 Å². The zero-order valence-electron chi connectivity index (χ0n) is 12.8. The normalized spacial score (nSPS) is 19.4. The third-order valence-corrected chi connectivity index (χ3v) is 3.82. The van der Waals surface area contributed by atoms with Gasteiger partial charge in [-0.25, -0.2) is 0 Å². The number of halogens is 2. The highest BCUT2D eigenvalue weighted by atomic mass is 19.3. The highest BCUT2D eigenvalue weighted by Gasteiger charge is 2.22. The number of aliphatic hydroxyl groups excluding tert-OH is 1. The van der Waals surface area contributed by atoms with Gasteiger partial charge in [-0.1, -0.05) is 12.1 Å². The number of hydrogen-bond donors (Lipinski definition) is 1. The molecule has 1 saturated heterocycles. The summed E-state index contributed by atoms with van der Waals surface area (Å²) in [5.74, 6) is 0.713. The van der Waals surface area contributed by atoms with Crippen molar-refractivity contribution >= 4 is 0 Å². The standard InChI is InChI=1S/C16H23F2NO3/c1-2-21-14-7-3-6-13(15(14)22-16(17)18)10-19-8-4-5-12(9-19)11-20/h3,6-7,12,16,20H,2,4-5,8-11H2,1H3. The Bertz CT molecular complexity index is 471. The van der Waals surface area contributed by atoms with Gasteiger partial charge in [-0.2, -0.15) is 8.78 Å². The Hall–Kier alpha value is -1.40. The van der Waals surface area contributed by atoms with Crippen molar-refractivity contribution in [2.24, 2.45) is 5.92 Å². The zero-order valence-corrected chi connectivity index (χ0v) is 12.8. The molecule has 0 aromatic heterocycles. The average Bonchev–Trinajstić information content (AvgIpc) is 2.50. The summed E-state index contributed by atoms with van der Waals surface area (Å²) < 4.78 is 35.5. The molecule has 0 aliphatic carbocycles. The fraction of sp³-hybridized carbons (Fsp3) is 0.625. The van der Waals surface area contributed by atoms with E-state index in [-0.39, 0.29) is 18.3 Å². The molecule has 124 valence electrons. The Morgan fingerprint density at radius 2 is 2.23 bits per heavy atom. The minimum absolute atomic E-state index is 0.116. The maximum Gasteiger partial charge on any atom is 0.387 e. The molecule has 6 heteroatoms. The molecular formula is C16H23F2NO3. The van der Waals surface area contributed by atoms with Gasteiger partial charge in [0, 0.05) is 25.3 Å². The topological polar surface area (TPSA) is 41.9 Å². The second-order valence-corrected chi connectivity index (χ2v) is 5.48. The van der Waals surface area contributed by atoms with Crippen LogP contribution in [0.4, 0.5) is 8.78 Å². The van der Waals surface area contributed by atoms with Crippen LogP contribution in [0.1, 0.15) is 25.3 Å². The number of para-hydroxylation sites is 1. The number of likely N-dealkylation sites (tertiary alicyclic amines) is 1. The van der Waals surface area contributed by atoms with Gasteiger partial charge in [-0.3, -0.25) is 4.90 Å². The molecule has 4 nitrogen and oxygen atoms in total. The van der Waals surface area contributed by atoms with Gasteiger partial charge in [0.2, 0.25) is 0 Å². The Labute approximate surface area is 129 Å². The van der Waals surface area contributed by atoms with Gasteiger partial charge in [0.15, 0.2) is 11.5 Å². The highest BCUT2D eigenvalue weighted by Crippen LogP contribution is 2.34. The Morgan fingerprint density at radius 3 is 2.91 bits per heavy atom. The van der Waals surface area contributed by atoms with E-state index in [0.717, 1.165) is 25.9 Å². The quantitative estimate of drug-likeness (QED) is 0.840. The van der Waals surface area contributed by atoms with E-state index < -0.39 is 6.61 Å². The second kappa shape index (κ2) is 8.29. The molecule has 1 aliphatic heterocycles. The molecule has 0 saturated carbocycles. The van der Waals surface area contributed by atoms with Crippen LogP contribution in [0, 0.1) is 5.92 Å². The van der Waals surface area contributed by atoms with Crippen LogP contribution in [0.15, 0.2) is 18.2 Å². The van der Waals surface area contributed by atoms with Gasteiger partial charge >= 0.3 is 6.61 Å². The lowest BCUT2D eigenvalue weighted by molar-refractivity contribution is -0.0525. The first-order valence-corrected chi connectivity index (χ1v) is 7.66. The molecule has 2 rings (SSSR count). The van der Waals surface area contributed by atoms with Gasteiger partial charge in [-0.05, 0) is 38.3 Å². The third kappa shape index (κ3) is 4.55. The maximum absolute atomic E-state index is 12.7. The maximum atomic E-state index is 12.7. The van der Waals surface area contributed by atoms with E-state index in [0.29, 0.717) is 24.5 Å². The first-order valence-electron chi connectivity index (χ1n) is 7.66. The molecule has 0 amide bonds. The van der Waals surface area contributed by atoms with Crippen molar-refractivity contribution < 1.29 is 23.4 Å². The zero-order chi connectivity index (χ0) is 15.9. The van der Waals surface area contributed by atoms with E-state index in [1.807, 2.05) is 0 Å². The molecule has 1 aromatic carbocycles. The van der Waals surface area contributed by atoms with Gasteiger partial charge in [0.25, 0.3) is 0 Å². The van der Waals surface area contributed by atoms with Crippen molar-refractivity contribution in [3.8, 4) is 11.5 Å². The molecule has 1 unspecified atom stereocenters. The smallest absolute Gasteiger partial charge is 0.387 e. The van der Waals surface area contributed by atoms with E-state index >= 15 is 0 Å². The first kappa shape index (κ1) is 17.0. The van der Waals surface area contributed by atoms with E-state index in [4.69, 9.17) is 4.74 Å². The van der Waals surface area contributed by atoms with Crippen LogP contribution in [0.25, 0.3) is 0 Å². The molecule has 1 aliphatic rings. The van der Waals surface area contributed by atoms with Gasteiger partial charge in [-0.15, -0.1) is 0 Å². The van der Waals surface area contributed by atoms with Crippen molar-refractivity contribution in [3.63, 3.8) is 0 Å². The molecule has 0 bridgehead atoms. The van der Waals surface area contributed by atoms with Crippen molar-refractivity contribution in [1.29, 1.82) is 0 Å². The number of nitrogens with zero attached hydrogens (tertiary/aromatic N) is 1. The predicted octanol–water partition coefficient (Wildman–Crippen LogP) is 2.89. The van der Waals surface area contributed by atoms with Crippen molar-refractivity contribution in [2.75, 3.05) is 26.3 Å². The predicted molar refractivity (Wildman–Crippen MR) is 79.3 cm³/mol. The van der Waals surface area contributed by atoms with Crippen molar-refractivity contribution in [1.82, 2.24) is 4.90 Å². The number of benzene rings is 1. The van der Waals surface area contributed by atoms with Gasteiger partial charge in [0.05, 0.1) is 6.61 Å². The van der Waals surface area contributed by atoms with Crippen LogP contribution in [-0.2, 0) is 6.54 Å². The summed E-state index contributed by atoms with van der Waals surface area (Å²) in [6.07, 6.45) is 2.01. The van der Waals surface area contributed by atoms with Crippen molar-refractivity contribution in [2.45, 2.75) is 32.9 Å². The van der Waals surface area contributed by atoms with Gasteiger partial charge < -0.3 is 14.6 Å². The second-order valence-electron chi connectivity index (χ2n) is 5.48. The molecular weight excluding hydrogens is 292 g/mol. The number of ether oxygens (including phenoxy) is 2. The van der Waals surface area contributed by atoms with Crippen LogP contribution in [-0.4, -0.2) is 42.9 Å². The first-order chi connectivity index (χ1) is 10.6. The van der Waals surface area contributed by atoms with E-state index in [2.05, 4.69) is 9.64 Å². The van der Waals surface area contributed by atoms with Crippen molar-refractivity contribution in [3.05, 3.63) is 23.8 Å². The van der Waals surface area contributed by atoms with E-state index in [1.54, 1.807) is 25.1 Å². The Kier molecular flexibility index (Phi) is 6.39. The molecule has 1 aromatic rings. The van der Waals surface area contributed by atoms with Crippen LogP contribution in [0.5, 0.6) is 11.5 Å². The minimum Gasteiger partial charge on any atom is -0.490 e. The fourth-order valence-corrected chi connectivity index (χ4v) is 2.86. The number of aliphatic hydroxyl groups is 1. The monoisotopic (exact) mass is 315 g/mol. The van der Waals surface area contributed by atoms with E-state index in [1.165, 1.54) is 0 Å². The Morgan fingerprint density at radius 1 is 1.41 bits per heavy atom. The third-order valence-electron chi connectivity index (χ3n) is 3.82. The van der Waals surface area contributed by atoms with Crippen LogP contribution >= 0.6 is 0 Å². The molecule has 0 spiro atoms. The number of alkyl halides is 2. The largest absolute Gasteiger partial charge is 0.490 e. The lowest BCUT2D eigenvalue weighted by atomic mass is 9.98. The molecule has 1 fully saturated rings. The summed E-state index contributed by atoms with van der Waals surface area (Å²) in [7, 11) is 0. The molecule has 1 atom stereocenters. The molecule has 1 heterocycles. The van der Waals surface area contributed by atoms with Crippen LogP contribution < -0.4 is 9.47 Å². The Balaban J connectivity index is 2.16. The summed E-state index contributed by atoms with van der Waals surface area (Å²) >= 11 is 0. The molecule has 0 radical (unpaired) electrons. The summed E-state index contributed by atoms with van der Waals surface area (Å²) in [6, 6.07) is 5.20. The van der Waals surface area contributed by atoms with Crippen LogP contribution in [0.3, 0.4) is 0 Å². The lowest BCUT2D eigenvalue weighted by Gasteiger charge is -2.32. The number of piperidine rings is 1. The molecule has 22 heavy (non-hydrogen) atoms. The fourth-order valence-electron chi connectivity index (χ4n) is 2.86. The van der Waals surface area contributed by atoms with E-state index in [9.17, 15) is 13.9 Å². The highest BCUT2D eigenvalue weighted by molar-refractivity contribution is 5.46. The summed E-state index contributed by atoms with van der Waals surface area (Å²) in [5, 5.41) is 9.29. The number of rotatable bonds is 7. The minimum atomic E-state index is -2.88. The number of hydrogen-bond acceptors (Lipinski definition) is 4. The summed E-state index contributed by atoms with van der Waals surface area (Å²) in [4.78, 5) is 2.16. The summed E-state index contributed by atoms with van der Waals surface area (Å²) in [6.45, 7) is 1.64. The van der Waals surface area contributed by atoms with Crippen LogP contribution in [0.2, 0.25) is 0 Å². The average molecular weight is 315 g/mol. The lowest BCUT2D eigenvalue weighted by Crippen LogP contribution is -2.36. The summed E-state index contributed by atoms with van der Waals surface area (Å²) in [5.41, 5.74) is 0.685.